The molecule has 2 saturated heterocycles. The second-order valence-electron chi connectivity index (χ2n) is 7.43. The summed E-state index contributed by atoms with van der Waals surface area (Å²) in [6, 6.07) is 10.4. The first-order chi connectivity index (χ1) is 12.6. The Morgan fingerprint density at radius 2 is 2.19 bits per heavy atom. The van der Waals surface area contributed by atoms with Crippen LogP contribution in [0.3, 0.4) is 0 Å². The molecule has 6 nitrogen and oxygen atoms in total. The van der Waals surface area contributed by atoms with Crippen molar-refractivity contribution in [3.8, 4) is 6.07 Å². The van der Waals surface area contributed by atoms with Crippen LogP contribution in [-0.4, -0.2) is 60.9 Å². The molecule has 0 bridgehead atoms. The molecule has 26 heavy (non-hydrogen) atoms. The Morgan fingerprint density at radius 1 is 1.31 bits per heavy atom. The van der Waals surface area contributed by atoms with Crippen molar-refractivity contribution < 1.29 is 4.74 Å². The molecule has 2 N–H and O–H groups in total. The van der Waals surface area contributed by atoms with Gasteiger partial charge in [0, 0.05) is 49.5 Å². The molecule has 136 valence electrons. The molecule has 2 aliphatic heterocycles. The van der Waals surface area contributed by atoms with Crippen molar-refractivity contribution in [1.82, 2.24) is 9.88 Å². The molecule has 0 radical (unpaired) electrons. The number of nitrogens with two attached hydrogens (primary N) is 1. The van der Waals surface area contributed by atoms with E-state index in [0.717, 1.165) is 55.7 Å². The summed E-state index contributed by atoms with van der Waals surface area (Å²) >= 11 is 0. The average molecular weight is 351 g/mol. The van der Waals surface area contributed by atoms with Crippen LogP contribution < -0.4 is 10.6 Å². The minimum absolute atomic E-state index is 0.159. The van der Waals surface area contributed by atoms with Crippen LogP contribution in [0.15, 0.2) is 30.5 Å². The number of hydrogen-bond donors (Lipinski definition) is 1. The van der Waals surface area contributed by atoms with E-state index in [1.165, 1.54) is 0 Å². The van der Waals surface area contributed by atoms with Gasteiger partial charge in [-0.25, -0.2) is 0 Å². The molecule has 4 rings (SSSR count). The monoisotopic (exact) mass is 351 g/mol. The second-order valence-corrected chi connectivity index (χ2v) is 7.43. The lowest BCUT2D eigenvalue weighted by atomic mass is 10.1. The first-order valence-electron chi connectivity index (χ1n) is 9.30. The molecule has 1 aromatic carbocycles. The predicted molar refractivity (Wildman–Crippen MR) is 102 cm³/mol. The SMILES string of the molecule is C[C@@H]1CN(c2ccc(C#N)c3ncccc23)C[C@H](CN2CC[C@@H](N)C2)O1. The average Bonchev–Trinajstić information content (AvgIpc) is 3.05. The van der Waals surface area contributed by atoms with Crippen LogP contribution in [0, 0.1) is 11.3 Å². The minimum atomic E-state index is 0.159. The number of hydrogen-bond acceptors (Lipinski definition) is 6. The third-order valence-electron chi connectivity index (χ3n) is 5.30. The van der Waals surface area contributed by atoms with Crippen molar-refractivity contribution in [2.24, 2.45) is 5.73 Å². The maximum atomic E-state index is 9.36. The third-order valence-corrected chi connectivity index (χ3v) is 5.30. The Bertz CT molecular complexity index is 833. The van der Waals surface area contributed by atoms with Crippen LogP contribution in [-0.2, 0) is 4.74 Å². The molecule has 0 amide bonds. The molecule has 6 heteroatoms. The van der Waals surface area contributed by atoms with Crippen molar-refractivity contribution in [1.29, 1.82) is 5.26 Å². The first-order valence-corrected chi connectivity index (χ1v) is 9.30. The molecule has 2 fully saturated rings. The third kappa shape index (κ3) is 3.38. The highest BCUT2D eigenvalue weighted by Gasteiger charge is 2.30. The van der Waals surface area contributed by atoms with Gasteiger partial charge in [-0.05, 0) is 44.2 Å². The van der Waals surface area contributed by atoms with Gasteiger partial charge in [0.2, 0.25) is 0 Å². The van der Waals surface area contributed by atoms with Gasteiger partial charge < -0.3 is 15.4 Å². The molecule has 2 aromatic rings. The first kappa shape index (κ1) is 17.2. The standard InChI is InChI=1S/C20H25N5O/c1-14-10-25(13-17(26-14)12-24-8-6-16(22)11-24)19-5-4-15(9-21)20-18(19)3-2-7-23-20/h2-5,7,14,16-17H,6,8,10-13,22H2,1H3/t14-,16-,17+/m1/s1. The van der Waals surface area contributed by atoms with E-state index in [0.29, 0.717) is 11.6 Å². The highest BCUT2D eigenvalue weighted by atomic mass is 16.5. The topological polar surface area (TPSA) is 78.4 Å². The van der Waals surface area contributed by atoms with E-state index in [-0.39, 0.29) is 12.2 Å². The highest BCUT2D eigenvalue weighted by molar-refractivity contribution is 5.95. The van der Waals surface area contributed by atoms with E-state index in [1.807, 2.05) is 24.3 Å². The summed E-state index contributed by atoms with van der Waals surface area (Å²) in [5, 5.41) is 10.4. The fourth-order valence-corrected chi connectivity index (χ4v) is 4.18. The normalized spacial score (nSPS) is 27.0. The summed E-state index contributed by atoms with van der Waals surface area (Å²) in [5.41, 5.74) is 8.56. The van der Waals surface area contributed by atoms with Crippen LogP contribution in [0.2, 0.25) is 0 Å². The Morgan fingerprint density at radius 3 is 2.96 bits per heavy atom. The van der Waals surface area contributed by atoms with Crippen LogP contribution in [0.25, 0.3) is 10.9 Å². The van der Waals surface area contributed by atoms with Crippen molar-refractivity contribution in [3.05, 3.63) is 36.0 Å². The van der Waals surface area contributed by atoms with Crippen LogP contribution >= 0.6 is 0 Å². The fourth-order valence-electron chi connectivity index (χ4n) is 4.18. The van der Waals surface area contributed by atoms with Gasteiger partial charge in [0.05, 0.1) is 23.3 Å². The van der Waals surface area contributed by atoms with Crippen LogP contribution in [0.1, 0.15) is 18.9 Å². The Kier molecular flexibility index (Phi) is 4.77. The molecule has 0 unspecified atom stereocenters. The molecule has 3 heterocycles. The zero-order valence-corrected chi connectivity index (χ0v) is 15.1. The Hall–Kier alpha value is -2.20. The van der Waals surface area contributed by atoms with Gasteiger partial charge in [0.1, 0.15) is 6.07 Å². The fraction of sp³-hybridized carbons (Fsp3) is 0.500. The van der Waals surface area contributed by atoms with E-state index < -0.39 is 0 Å². The number of likely N-dealkylation sites (tertiary alicyclic amines) is 1. The lowest BCUT2D eigenvalue weighted by Gasteiger charge is -2.40. The summed E-state index contributed by atoms with van der Waals surface area (Å²) in [6.45, 7) is 6.73. The summed E-state index contributed by atoms with van der Waals surface area (Å²) in [6.07, 6.45) is 3.13. The number of fused-ring (bicyclic) bond motifs is 1. The number of nitriles is 1. The van der Waals surface area contributed by atoms with E-state index >= 15 is 0 Å². The number of morpholine rings is 1. The number of pyridine rings is 1. The minimum Gasteiger partial charge on any atom is -0.370 e. The predicted octanol–water partition coefficient (Wildman–Crippen LogP) is 1.73. The molecule has 0 spiro atoms. The van der Waals surface area contributed by atoms with Crippen LogP contribution in [0.5, 0.6) is 0 Å². The lowest BCUT2D eigenvalue weighted by molar-refractivity contribution is -0.0294. The molecular weight excluding hydrogens is 326 g/mol. The number of rotatable bonds is 3. The van der Waals surface area contributed by atoms with Gasteiger partial charge >= 0.3 is 0 Å². The number of anilines is 1. The zero-order valence-electron chi connectivity index (χ0n) is 15.1. The maximum absolute atomic E-state index is 9.36. The summed E-state index contributed by atoms with van der Waals surface area (Å²) in [7, 11) is 0. The van der Waals surface area contributed by atoms with Gasteiger partial charge in [0.25, 0.3) is 0 Å². The molecule has 3 atom stereocenters. The summed E-state index contributed by atoms with van der Waals surface area (Å²) in [4.78, 5) is 9.22. The van der Waals surface area contributed by atoms with E-state index in [9.17, 15) is 5.26 Å². The molecule has 2 aliphatic rings. The quantitative estimate of drug-likeness (QED) is 0.907. The van der Waals surface area contributed by atoms with Gasteiger partial charge in [-0.15, -0.1) is 0 Å². The van der Waals surface area contributed by atoms with Crippen molar-refractivity contribution in [3.63, 3.8) is 0 Å². The van der Waals surface area contributed by atoms with E-state index in [1.54, 1.807) is 6.20 Å². The lowest BCUT2D eigenvalue weighted by Crippen LogP contribution is -2.50. The van der Waals surface area contributed by atoms with Gasteiger partial charge in [0.15, 0.2) is 0 Å². The number of aromatic nitrogens is 1. The van der Waals surface area contributed by atoms with Gasteiger partial charge in [-0.2, -0.15) is 5.26 Å². The number of benzene rings is 1. The molecule has 1 aromatic heterocycles. The Balaban J connectivity index is 1.59. The van der Waals surface area contributed by atoms with Crippen LogP contribution in [0.4, 0.5) is 5.69 Å². The highest BCUT2D eigenvalue weighted by Crippen LogP contribution is 2.30. The smallest absolute Gasteiger partial charge is 0.101 e. The maximum Gasteiger partial charge on any atom is 0.101 e. The van der Waals surface area contributed by atoms with Crippen molar-refractivity contribution >= 4 is 16.6 Å². The molecular formula is C20H25N5O. The number of nitrogens with zero attached hydrogens (tertiary/aromatic N) is 4. The summed E-state index contributed by atoms with van der Waals surface area (Å²) in [5.74, 6) is 0. The second kappa shape index (κ2) is 7.20. The van der Waals surface area contributed by atoms with E-state index in [4.69, 9.17) is 10.5 Å². The van der Waals surface area contributed by atoms with Gasteiger partial charge in [-0.1, -0.05) is 0 Å². The Labute approximate surface area is 154 Å². The number of ether oxygens (including phenoxy) is 1. The van der Waals surface area contributed by atoms with Crippen molar-refractivity contribution in [2.75, 3.05) is 37.6 Å². The molecule has 0 aliphatic carbocycles. The van der Waals surface area contributed by atoms with E-state index in [2.05, 4.69) is 27.8 Å². The summed E-state index contributed by atoms with van der Waals surface area (Å²) < 4.78 is 6.20. The van der Waals surface area contributed by atoms with Crippen molar-refractivity contribution in [2.45, 2.75) is 31.6 Å². The van der Waals surface area contributed by atoms with Gasteiger partial charge in [-0.3, -0.25) is 9.88 Å². The zero-order chi connectivity index (χ0) is 18.1. The largest absolute Gasteiger partial charge is 0.370 e. The molecule has 0 saturated carbocycles.